The standard InChI is InChI=1S/C14H11N7O6/c22-19(23)12-2-10(6-17-8-15-4-13(17)20(24)25)1-11(3-12)7-18-9-16-5-14(18)21(26)27/h1-5,8-9H,6-7H2. The molecule has 0 aliphatic rings. The first-order valence-electron chi connectivity index (χ1n) is 7.41. The molecule has 0 fully saturated rings. The van der Waals surface area contributed by atoms with E-state index in [4.69, 9.17) is 0 Å². The first-order chi connectivity index (χ1) is 12.8. The fourth-order valence-electron chi connectivity index (χ4n) is 2.60. The summed E-state index contributed by atoms with van der Waals surface area (Å²) in [6.45, 7) is -0.0337. The molecule has 0 saturated heterocycles. The minimum atomic E-state index is -0.611. The Labute approximate surface area is 150 Å². The van der Waals surface area contributed by atoms with Gasteiger partial charge >= 0.3 is 11.6 Å². The fraction of sp³-hybridized carbons (Fsp3) is 0.143. The highest BCUT2D eigenvalue weighted by atomic mass is 16.6. The van der Waals surface area contributed by atoms with Gasteiger partial charge in [-0.3, -0.25) is 10.1 Å². The van der Waals surface area contributed by atoms with E-state index in [1.54, 1.807) is 6.07 Å². The lowest BCUT2D eigenvalue weighted by Gasteiger charge is -2.06. The summed E-state index contributed by atoms with van der Waals surface area (Å²) in [5, 5.41) is 33.2. The van der Waals surface area contributed by atoms with Crippen molar-refractivity contribution >= 4 is 17.3 Å². The number of benzene rings is 1. The maximum absolute atomic E-state index is 11.2. The molecule has 2 heterocycles. The molecule has 0 atom stereocenters. The van der Waals surface area contributed by atoms with Crippen LogP contribution in [0.1, 0.15) is 11.1 Å². The highest BCUT2D eigenvalue weighted by molar-refractivity contribution is 5.40. The zero-order valence-electron chi connectivity index (χ0n) is 13.5. The van der Waals surface area contributed by atoms with Gasteiger partial charge in [-0.05, 0) is 15.9 Å². The van der Waals surface area contributed by atoms with Crippen LogP contribution in [0.2, 0.25) is 0 Å². The lowest BCUT2D eigenvalue weighted by Crippen LogP contribution is -2.07. The Morgan fingerprint density at radius 2 is 1.19 bits per heavy atom. The molecule has 138 valence electrons. The van der Waals surface area contributed by atoms with Crippen molar-refractivity contribution in [1.82, 2.24) is 19.1 Å². The zero-order chi connectivity index (χ0) is 19.6. The van der Waals surface area contributed by atoms with Crippen molar-refractivity contribution in [3.8, 4) is 0 Å². The maximum Gasteiger partial charge on any atom is 0.342 e. The zero-order valence-corrected chi connectivity index (χ0v) is 13.5. The summed E-state index contributed by atoms with van der Waals surface area (Å²) in [5.41, 5.74) is 0.610. The molecule has 1 aromatic carbocycles. The molecule has 13 heteroatoms. The SMILES string of the molecule is O=[N+]([O-])c1cc(Cn2cncc2[N+](=O)[O-])cc(Cn2cncc2[N+](=O)[O-])c1. The molecular weight excluding hydrogens is 362 g/mol. The van der Waals surface area contributed by atoms with Crippen LogP contribution in [0.15, 0.2) is 43.2 Å². The molecule has 0 aliphatic carbocycles. The molecular formula is C14H11N7O6. The summed E-state index contributed by atoms with van der Waals surface area (Å²) >= 11 is 0. The van der Waals surface area contributed by atoms with Crippen molar-refractivity contribution in [3.63, 3.8) is 0 Å². The Bertz CT molecular complexity index is 968. The van der Waals surface area contributed by atoms with Crippen LogP contribution in [-0.2, 0) is 13.1 Å². The van der Waals surface area contributed by atoms with Gasteiger partial charge in [0.25, 0.3) is 5.69 Å². The van der Waals surface area contributed by atoms with E-state index < -0.39 is 14.8 Å². The van der Waals surface area contributed by atoms with Crippen molar-refractivity contribution in [1.29, 1.82) is 0 Å². The van der Waals surface area contributed by atoms with Crippen molar-refractivity contribution in [2.24, 2.45) is 0 Å². The van der Waals surface area contributed by atoms with E-state index in [1.807, 2.05) is 0 Å². The molecule has 0 bridgehead atoms. The fourth-order valence-corrected chi connectivity index (χ4v) is 2.60. The third-order valence-corrected chi connectivity index (χ3v) is 3.71. The molecule has 13 nitrogen and oxygen atoms in total. The van der Waals surface area contributed by atoms with E-state index in [1.165, 1.54) is 33.9 Å². The van der Waals surface area contributed by atoms with Crippen molar-refractivity contribution in [3.05, 3.63) is 84.7 Å². The van der Waals surface area contributed by atoms with E-state index in [9.17, 15) is 30.3 Å². The van der Waals surface area contributed by atoms with Crippen LogP contribution in [0, 0.1) is 30.3 Å². The molecule has 3 rings (SSSR count). The van der Waals surface area contributed by atoms with Crippen molar-refractivity contribution in [2.45, 2.75) is 13.1 Å². The topological polar surface area (TPSA) is 165 Å². The Balaban J connectivity index is 1.96. The third-order valence-electron chi connectivity index (χ3n) is 3.71. The quantitative estimate of drug-likeness (QED) is 0.447. The number of nitro benzene ring substituents is 1. The van der Waals surface area contributed by atoms with Gasteiger partial charge in [0.15, 0.2) is 12.7 Å². The molecule has 0 unspecified atom stereocenters. The molecule has 3 aromatic rings. The Morgan fingerprint density at radius 3 is 1.56 bits per heavy atom. The summed E-state index contributed by atoms with van der Waals surface area (Å²) in [5.74, 6) is -0.512. The highest BCUT2D eigenvalue weighted by Crippen LogP contribution is 2.22. The van der Waals surface area contributed by atoms with E-state index in [0.717, 1.165) is 12.4 Å². The van der Waals surface area contributed by atoms with Crippen LogP contribution < -0.4 is 0 Å². The number of hydrogen-bond acceptors (Lipinski definition) is 8. The number of rotatable bonds is 7. The highest BCUT2D eigenvalue weighted by Gasteiger charge is 2.19. The van der Waals surface area contributed by atoms with Gasteiger partial charge in [-0.1, -0.05) is 0 Å². The Kier molecular flexibility index (Phi) is 4.57. The van der Waals surface area contributed by atoms with E-state index in [-0.39, 0.29) is 30.4 Å². The molecule has 27 heavy (non-hydrogen) atoms. The van der Waals surface area contributed by atoms with Gasteiger partial charge < -0.3 is 20.2 Å². The van der Waals surface area contributed by atoms with Crippen LogP contribution in [0.5, 0.6) is 0 Å². The first kappa shape index (κ1) is 17.7. The van der Waals surface area contributed by atoms with Crippen molar-refractivity contribution in [2.75, 3.05) is 0 Å². The number of nitro groups is 3. The molecule has 0 saturated carbocycles. The molecule has 0 radical (unpaired) electrons. The molecule has 2 aromatic heterocycles. The molecule has 0 aliphatic heterocycles. The predicted molar refractivity (Wildman–Crippen MR) is 89.1 cm³/mol. The minimum Gasteiger partial charge on any atom is -0.358 e. The number of non-ortho nitro benzene ring substituents is 1. The smallest absolute Gasteiger partial charge is 0.342 e. The second-order valence-electron chi connectivity index (χ2n) is 5.54. The normalized spacial score (nSPS) is 10.7. The van der Waals surface area contributed by atoms with Gasteiger partial charge in [-0.25, -0.2) is 19.1 Å². The minimum absolute atomic E-state index is 0.0169. The van der Waals surface area contributed by atoms with E-state index >= 15 is 0 Å². The van der Waals surface area contributed by atoms with Crippen LogP contribution >= 0.6 is 0 Å². The van der Waals surface area contributed by atoms with Crippen molar-refractivity contribution < 1.29 is 14.8 Å². The Morgan fingerprint density at radius 1 is 0.741 bits per heavy atom. The predicted octanol–water partition coefficient (Wildman–Crippen LogP) is 1.90. The summed E-state index contributed by atoms with van der Waals surface area (Å²) in [7, 11) is 0. The first-order valence-corrected chi connectivity index (χ1v) is 7.41. The third kappa shape index (κ3) is 3.76. The number of aromatic nitrogens is 4. The molecule has 0 N–H and O–H groups in total. The Hall–Kier alpha value is -4.16. The molecule has 0 spiro atoms. The van der Waals surface area contributed by atoms with Crippen LogP contribution in [0.25, 0.3) is 0 Å². The lowest BCUT2D eigenvalue weighted by molar-refractivity contribution is -0.392. The maximum atomic E-state index is 11.2. The summed E-state index contributed by atoms with van der Waals surface area (Å²) in [6.07, 6.45) is 4.65. The summed E-state index contributed by atoms with van der Waals surface area (Å²) < 4.78 is 2.48. The average Bonchev–Trinajstić information content (AvgIpc) is 3.23. The second-order valence-corrected chi connectivity index (χ2v) is 5.54. The second kappa shape index (κ2) is 6.99. The van der Waals surface area contributed by atoms with Gasteiger partial charge in [0.2, 0.25) is 0 Å². The van der Waals surface area contributed by atoms with Gasteiger partial charge in [-0.15, -0.1) is 0 Å². The monoisotopic (exact) mass is 373 g/mol. The van der Waals surface area contributed by atoms with Gasteiger partial charge in [0.1, 0.15) is 25.5 Å². The van der Waals surface area contributed by atoms with E-state index in [2.05, 4.69) is 9.97 Å². The molecule has 0 amide bonds. The van der Waals surface area contributed by atoms with Gasteiger partial charge in [0.05, 0.1) is 4.92 Å². The van der Waals surface area contributed by atoms with Crippen LogP contribution in [0.4, 0.5) is 17.3 Å². The summed E-state index contributed by atoms with van der Waals surface area (Å²) in [4.78, 5) is 38.8. The van der Waals surface area contributed by atoms with Crippen LogP contribution in [-0.4, -0.2) is 33.9 Å². The average molecular weight is 373 g/mol. The largest absolute Gasteiger partial charge is 0.358 e. The van der Waals surface area contributed by atoms with Gasteiger partial charge in [-0.2, -0.15) is 0 Å². The number of imidazole rings is 2. The lowest BCUT2D eigenvalue weighted by atomic mass is 10.1. The number of nitrogens with zero attached hydrogens (tertiary/aromatic N) is 7. The number of hydrogen-bond donors (Lipinski definition) is 0. The van der Waals surface area contributed by atoms with Gasteiger partial charge in [0, 0.05) is 23.3 Å². The van der Waals surface area contributed by atoms with E-state index in [0.29, 0.717) is 11.1 Å². The summed E-state index contributed by atoms with van der Waals surface area (Å²) in [6, 6.07) is 4.16. The van der Waals surface area contributed by atoms with Crippen LogP contribution in [0.3, 0.4) is 0 Å².